The predicted octanol–water partition coefficient (Wildman–Crippen LogP) is 2.48. The van der Waals surface area contributed by atoms with E-state index in [9.17, 15) is 18.8 Å². The number of likely N-dealkylation sites (tertiary alicyclic amines) is 1. The van der Waals surface area contributed by atoms with Crippen molar-refractivity contribution in [2.75, 3.05) is 18.4 Å². The van der Waals surface area contributed by atoms with Crippen LogP contribution < -0.4 is 10.6 Å². The molecule has 3 heterocycles. The molecule has 1 saturated heterocycles. The van der Waals surface area contributed by atoms with Crippen molar-refractivity contribution in [3.05, 3.63) is 53.4 Å². The lowest BCUT2D eigenvalue weighted by molar-refractivity contribution is 0.247. The number of hydrogen-bond donors (Lipinski definition) is 2. The van der Waals surface area contributed by atoms with E-state index in [2.05, 4.69) is 27.0 Å². The summed E-state index contributed by atoms with van der Waals surface area (Å²) in [6, 6.07) is 2.69. The van der Waals surface area contributed by atoms with Crippen LogP contribution in [0.4, 0.5) is 19.4 Å². The van der Waals surface area contributed by atoms with Gasteiger partial charge in [-0.3, -0.25) is 14.7 Å². The molecule has 1 fully saturated rings. The first-order chi connectivity index (χ1) is 15.3. The van der Waals surface area contributed by atoms with E-state index in [1.165, 1.54) is 11.0 Å². The molecular weight excluding hydrogens is 418 g/mol. The summed E-state index contributed by atoms with van der Waals surface area (Å²) in [6.45, 7) is 2.41. The fraction of sp³-hybridized carbons (Fsp3) is 0.333. The highest BCUT2D eigenvalue weighted by Crippen LogP contribution is 2.30. The highest BCUT2D eigenvalue weighted by atomic mass is 19.2. The van der Waals surface area contributed by atoms with Gasteiger partial charge in [-0.25, -0.2) is 13.6 Å². The maximum atomic E-state index is 13.8. The molecule has 0 spiro atoms. The minimum atomic E-state index is -0.963. The van der Waals surface area contributed by atoms with E-state index < -0.39 is 23.7 Å². The van der Waals surface area contributed by atoms with Crippen molar-refractivity contribution >= 4 is 11.8 Å². The Bertz CT molecular complexity index is 1210. The number of anilines is 1. The molecule has 32 heavy (non-hydrogen) atoms. The number of nitrogens with one attached hydrogen (secondary N) is 2. The number of nitrogens with zero attached hydrogens (tertiary/aromatic N) is 6. The van der Waals surface area contributed by atoms with E-state index in [0.29, 0.717) is 23.6 Å². The van der Waals surface area contributed by atoms with Crippen LogP contribution in [0, 0.1) is 30.0 Å². The van der Waals surface area contributed by atoms with Gasteiger partial charge in [-0.2, -0.15) is 15.5 Å². The van der Waals surface area contributed by atoms with Gasteiger partial charge in [0.1, 0.15) is 11.5 Å². The van der Waals surface area contributed by atoms with Crippen LogP contribution in [0.5, 0.6) is 0 Å². The number of aromatic nitrogens is 4. The Morgan fingerprint density at radius 2 is 2.03 bits per heavy atom. The molecule has 0 bridgehead atoms. The van der Waals surface area contributed by atoms with E-state index in [4.69, 9.17) is 0 Å². The molecule has 11 heteroatoms. The zero-order valence-corrected chi connectivity index (χ0v) is 17.8. The van der Waals surface area contributed by atoms with E-state index >= 15 is 0 Å². The summed E-state index contributed by atoms with van der Waals surface area (Å²) in [7, 11) is 3.53. The summed E-state index contributed by atoms with van der Waals surface area (Å²) < 4.78 is 30.3. The van der Waals surface area contributed by atoms with Gasteiger partial charge in [0.15, 0.2) is 17.8 Å². The van der Waals surface area contributed by atoms with Gasteiger partial charge >= 0.3 is 6.03 Å². The molecule has 3 aromatic rings. The van der Waals surface area contributed by atoms with Crippen LogP contribution in [-0.4, -0.2) is 49.6 Å². The van der Waals surface area contributed by atoms with Crippen LogP contribution in [0.15, 0.2) is 30.6 Å². The van der Waals surface area contributed by atoms with Gasteiger partial charge in [0, 0.05) is 50.4 Å². The van der Waals surface area contributed by atoms with Gasteiger partial charge in [0.25, 0.3) is 0 Å². The third-order valence-corrected chi connectivity index (χ3v) is 5.64. The molecule has 4 rings (SSSR count). The topological polar surface area (TPSA) is 104 Å². The van der Waals surface area contributed by atoms with Gasteiger partial charge in [0.2, 0.25) is 0 Å². The molecule has 2 N–H and O–H groups in total. The van der Waals surface area contributed by atoms with Crippen LogP contribution in [0.2, 0.25) is 0 Å². The monoisotopic (exact) mass is 440 g/mol. The first-order valence-corrected chi connectivity index (χ1v) is 9.96. The number of rotatable bonds is 4. The molecule has 0 aliphatic carbocycles. The van der Waals surface area contributed by atoms with E-state index in [1.54, 1.807) is 22.6 Å². The standard InChI is InChI=1S/C21H22F2N8O/c1-12-19(14-7-25-29(2)8-14)28-30(3)20(12)27-21(32)26-18-10-31(11-24)9-15(18)13-4-5-16(22)17(23)6-13/h4-8,15,18H,9-10H2,1-3H3,(H2,26,27,32). The number of carbonyl (C=O) groups is 1. The summed E-state index contributed by atoms with van der Waals surface area (Å²) in [4.78, 5) is 14.3. The van der Waals surface area contributed by atoms with Crippen molar-refractivity contribution in [3.63, 3.8) is 0 Å². The second kappa shape index (κ2) is 8.30. The summed E-state index contributed by atoms with van der Waals surface area (Å²) in [5.41, 5.74) is 2.82. The molecular formula is C21H22F2N8O. The largest absolute Gasteiger partial charge is 0.333 e. The number of halogens is 2. The summed E-state index contributed by atoms with van der Waals surface area (Å²) in [6.07, 6.45) is 5.59. The lowest BCUT2D eigenvalue weighted by atomic mass is 9.94. The molecule has 0 saturated carbocycles. The van der Waals surface area contributed by atoms with Crippen molar-refractivity contribution in [1.29, 1.82) is 5.26 Å². The van der Waals surface area contributed by atoms with Crippen molar-refractivity contribution in [2.45, 2.75) is 18.9 Å². The second-order valence-corrected chi connectivity index (χ2v) is 7.84. The zero-order valence-electron chi connectivity index (χ0n) is 17.8. The van der Waals surface area contributed by atoms with Crippen molar-refractivity contribution < 1.29 is 13.6 Å². The number of nitriles is 1. The average molecular weight is 440 g/mol. The fourth-order valence-corrected chi connectivity index (χ4v) is 4.05. The Hall–Kier alpha value is -3.94. The lowest BCUT2D eigenvalue weighted by Crippen LogP contribution is -2.42. The molecule has 0 radical (unpaired) electrons. The van der Waals surface area contributed by atoms with Crippen molar-refractivity contribution in [1.82, 2.24) is 29.8 Å². The molecule has 2 unspecified atom stereocenters. The number of aryl methyl sites for hydroxylation is 2. The summed E-state index contributed by atoms with van der Waals surface area (Å²) >= 11 is 0. The van der Waals surface area contributed by atoms with Crippen LogP contribution in [0.25, 0.3) is 11.3 Å². The quantitative estimate of drug-likeness (QED) is 0.607. The molecule has 2 atom stereocenters. The molecule has 1 aliphatic heterocycles. The number of urea groups is 1. The van der Waals surface area contributed by atoms with E-state index in [-0.39, 0.29) is 12.5 Å². The highest BCUT2D eigenvalue weighted by molar-refractivity contribution is 5.90. The van der Waals surface area contributed by atoms with Crippen LogP contribution in [0.1, 0.15) is 17.0 Å². The van der Waals surface area contributed by atoms with Gasteiger partial charge in [-0.15, -0.1) is 0 Å². The van der Waals surface area contributed by atoms with Gasteiger partial charge < -0.3 is 10.2 Å². The Morgan fingerprint density at radius 1 is 1.25 bits per heavy atom. The second-order valence-electron chi connectivity index (χ2n) is 7.84. The highest BCUT2D eigenvalue weighted by Gasteiger charge is 2.35. The van der Waals surface area contributed by atoms with Crippen LogP contribution in [0.3, 0.4) is 0 Å². The molecule has 9 nitrogen and oxygen atoms in total. The summed E-state index contributed by atoms with van der Waals surface area (Å²) in [5.74, 6) is -1.76. The van der Waals surface area contributed by atoms with E-state index in [0.717, 1.165) is 23.3 Å². The third kappa shape index (κ3) is 3.99. The maximum Gasteiger partial charge on any atom is 0.320 e. The summed E-state index contributed by atoms with van der Waals surface area (Å²) in [5, 5.41) is 23.6. The Labute approximate surface area is 183 Å². The molecule has 166 valence electrons. The number of carbonyl (C=O) groups excluding carboxylic acids is 1. The Kier molecular flexibility index (Phi) is 5.52. The minimum absolute atomic E-state index is 0.263. The van der Waals surface area contributed by atoms with Crippen molar-refractivity contribution in [2.24, 2.45) is 14.1 Å². The first-order valence-electron chi connectivity index (χ1n) is 9.96. The van der Waals surface area contributed by atoms with Gasteiger partial charge in [-0.1, -0.05) is 6.07 Å². The minimum Gasteiger partial charge on any atom is -0.333 e. The SMILES string of the molecule is Cc1c(-c2cnn(C)c2)nn(C)c1NC(=O)NC1CN(C#N)CC1c1ccc(F)c(F)c1. The van der Waals surface area contributed by atoms with E-state index in [1.807, 2.05) is 20.2 Å². The molecule has 1 aromatic carbocycles. The number of hydrogen-bond acceptors (Lipinski definition) is 5. The Balaban J connectivity index is 1.52. The smallest absolute Gasteiger partial charge is 0.320 e. The fourth-order valence-electron chi connectivity index (χ4n) is 4.05. The first kappa shape index (κ1) is 21.3. The van der Waals surface area contributed by atoms with Gasteiger partial charge in [0.05, 0.1) is 12.2 Å². The van der Waals surface area contributed by atoms with Crippen molar-refractivity contribution in [3.8, 4) is 17.5 Å². The Morgan fingerprint density at radius 3 is 2.69 bits per heavy atom. The predicted molar refractivity (Wildman–Crippen MR) is 112 cm³/mol. The average Bonchev–Trinajstić information content (AvgIpc) is 3.44. The lowest BCUT2D eigenvalue weighted by Gasteiger charge is -2.20. The molecule has 1 aliphatic rings. The molecule has 2 amide bonds. The van der Waals surface area contributed by atoms with Crippen LogP contribution in [-0.2, 0) is 14.1 Å². The normalized spacial score (nSPS) is 17.9. The third-order valence-electron chi connectivity index (χ3n) is 5.64. The number of benzene rings is 1. The maximum absolute atomic E-state index is 13.8. The number of amides is 2. The van der Waals surface area contributed by atoms with Gasteiger partial charge in [-0.05, 0) is 24.6 Å². The molecule has 2 aromatic heterocycles. The zero-order chi connectivity index (χ0) is 23.0. The van der Waals surface area contributed by atoms with Crippen LogP contribution >= 0.6 is 0 Å².